The van der Waals surface area contributed by atoms with Gasteiger partial charge in [0.25, 0.3) is 0 Å². The summed E-state index contributed by atoms with van der Waals surface area (Å²) in [4.78, 5) is 4.16. The first kappa shape index (κ1) is 14.0. The van der Waals surface area contributed by atoms with E-state index in [9.17, 15) is 8.42 Å². The number of nitrogens with two attached hydrogens (primary N) is 1. The lowest BCUT2D eigenvalue weighted by Crippen LogP contribution is -2.12. The van der Waals surface area contributed by atoms with E-state index in [1.165, 1.54) is 12.1 Å². The van der Waals surface area contributed by atoms with Crippen LogP contribution in [0.25, 0.3) is 0 Å². The predicted molar refractivity (Wildman–Crippen MR) is 73.3 cm³/mol. The van der Waals surface area contributed by atoms with Crippen LogP contribution in [-0.2, 0) is 28.9 Å². The van der Waals surface area contributed by atoms with Crippen molar-refractivity contribution in [1.82, 2.24) is 9.55 Å². The van der Waals surface area contributed by atoms with E-state index in [0.29, 0.717) is 5.88 Å². The topological polar surface area (TPSA) is 78.0 Å². The molecular formula is C12H14ClN3O2S. The van der Waals surface area contributed by atoms with Crippen molar-refractivity contribution in [3.05, 3.63) is 48.0 Å². The highest BCUT2D eigenvalue weighted by atomic mass is 35.5. The van der Waals surface area contributed by atoms with Gasteiger partial charge in [0.15, 0.2) is 0 Å². The highest BCUT2D eigenvalue weighted by Gasteiger charge is 2.07. The van der Waals surface area contributed by atoms with E-state index in [1.54, 1.807) is 24.7 Å². The smallest absolute Gasteiger partial charge is 0.238 e. The number of rotatable bonds is 5. The van der Waals surface area contributed by atoms with E-state index < -0.39 is 10.0 Å². The van der Waals surface area contributed by atoms with Gasteiger partial charge in [-0.15, -0.1) is 11.6 Å². The molecule has 0 aliphatic carbocycles. The molecule has 2 N–H and O–H groups in total. The summed E-state index contributed by atoms with van der Waals surface area (Å²) < 4.78 is 24.2. The third-order valence-electron chi connectivity index (χ3n) is 2.83. The van der Waals surface area contributed by atoms with Gasteiger partial charge in [0, 0.05) is 12.7 Å². The first-order valence-corrected chi connectivity index (χ1v) is 7.75. The number of imidazole rings is 1. The Hall–Kier alpha value is -1.37. The predicted octanol–water partition coefficient (Wildman–Crippen LogP) is 1.51. The molecule has 0 bridgehead atoms. The second-order valence-corrected chi connectivity index (χ2v) is 5.98. The lowest BCUT2D eigenvalue weighted by molar-refractivity contribution is 0.597. The Bertz CT molecular complexity index is 650. The molecule has 1 aromatic carbocycles. The van der Waals surface area contributed by atoms with E-state index in [4.69, 9.17) is 16.7 Å². The summed E-state index contributed by atoms with van der Waals surface area (Å²) in [7, 11) is -3.62. The fraction of sp³-hybridized carbons (Fsp3) is 0.250. The molecule has 0 fully saturated rings. The van der Waals surface area contributed by atoms with Gasteiger partial charge in [0.05, 0.1) is 22.8 Å². The van der Waals surface area contributed by atoms with Crippen LogP contribution < -0.4 is 5.14 Å². The third-order valence-corrected chi connectivity index (χ3v) is 4.03. The molecule has 5 nitrogen and oxygen atoms in total. The summed E-state index contributed by atoms with van der Waals surface area (Å²) >= 11 is 5.78. The van der Waals surface area contributed by atoms with E-state index in [2.05, 4.69) is 4.98 Å². The number of halogens is 1. The lowest BCUT2D eigenvalue weighted by atomic mass is 10.1. The van der Waals surface area contributed by atoms with Crippen molar-refractivity contribution in [2.75, 3.05) is 0 Å². The molecule has 1 aromatic heterocycles. The van der Waals surface area contributed by atoms with E-state index in [1.807, 2.05) is 4.57 Å². The van der Waals surface area contributed by atoms with Crippen LogP contribution in [0.5, 0.6) is 0 Å². The molecule has 0 amide bonds. The molecule has 0 saturated carbocycles. The summed E-state index contributed by atoms with van der Waals surface area (Å²) in [5.41, 5.74) is 1.99. The minimum absolute atomic E-state index is 0.125. The molecule has 0 radical (unpaired) electrons. The number of nitrogens with zero attached hydrogens (tertiary/aromatic N) is 2. The van der Waals surface area contributed by atoms with Gasteiger partial charge in [-0.25, -0.2) is 18.5 Å². The van der Waals surface area contributed by atoms with Crippen molar-refractivity contribution >= 4 is 21.6 Å². The van der Waals surface area contributed by atoms with Gasteiger partial charge >= 0.3 is 0 Å². The third kappa shape index (κ3) is 3.56. The SMILES string of the molecule is NS(=O)(=O)c1ccc(CCn2cncc2CCl)cc1. The first-order chi connectivity index (χ1) is 9.00. The molecule has 0 unspecified atom stereocenters. The van der Waals surface area contributed by atoms with Crippen molar-refractivity contribution in [2.45, 2.75) is 23.7 Å². The minimum atomic E-state index is -3.62. The van der Waals surface area contributed by atoms with E-state index in [0.717, 1.165) is 24.2 Å². The zero-order valence-corrected chi connectivity index (χ0v) is 11.7. The Morgan fingerprint density at radius 3 is 2.53 bits per heavy atom. The van der Waals surface area contributed by atoms with Gasteiger partial charge < -0.3 is 4.57 Å². The Balaban J connectivity index is 2.05. The molecule has 1 heterocycles. The van der Waals surface area contributed by atoms with Gasteiger partial charge in [-0.3, -0.25) is 0 Å². The van der Waals surface area contributed by atoms with E-state index >= 15 is 0 Å². The Kier molecular flexibility index (Phi) is 4.24. The molecular weight excluding hydrogens is 286 g/mol. The fourth-order valence-electron chi connectivity index (χ4n) is 1.76. The second kappa shape index (κ2) is 5.73. The summed E-state index contributed by atoms with van der Waals surface area (Å²) in [5, 5.41) is 5.04. The van der Waals surface area contributed by atoms with Crippen LogP contribution in [0.4, 0.5) is 0 Å². The number of aromatic nitrogens is 2. The van der Waals surface area contributed by atoms with Crippen LogP contribution in [0.2, 0.25) is 0 Å². The maximum absolute atomic E-state index is 11.1. The monoisotopic (exact) mass is 299 g/mol. The number of hydrogen-bond acceptors (Lipinski definition) is 3. The highest BCUT2D eigenvalue weighted by molar-refractivity contribution is 7.89. The zero-order chi connectivity index (χ0) is 13.9. The van der Waals surface area contributed by atoms with Crippen molar-refractivity contribution in [1.29, 1.82) is 0 Å². The number of hydrogen-bond donors (Lipinski definition) is 1. The van der Waals surface area contributed by atoms with Gasteiger partial charge in [0.1, 0.15) is 0 Å². The van der Waals surface area contributed by atoms with Crippen molar-refractivity contribution in [3.63, 3.8) is 0 Å². The number of primary sulfonamides is 1. The molecule has 0 aliphatic rings. The van der Waals surface area contributed by atoms with Gasteiger partial charge in [0.2, 0.25) is 10.0 Å². The summed E-state index contributed by atoms with van der Waals surface area (Å²) in [6.07, 6.45) is 4.23. The van der Waals surface area contributed by atoms with Crippen LogP contribution in [0.3, 0.4) is 0 Å². The second-order valence-electron chi connectivity index (χ2n) is 4.15. The summed E-state index contributed by atoms with van der Waals surface area (Å²) in [6.45, 7) is 0.747. The standard InChI is InChI=1S/C12H14ClN3O2S/c13-7-11-8-15-9-16(11)6-5-10-1-3-12(4-2-10)19(14,17)18/h1-4,8-9H,5-7H2,(H2,14,17,18). The van der Waals surface area contributed by atoms with Crippen molar-refractivity contribution in [2.24, 2.45) is 5.14 Å². The van der Waals surface area contributed by atoms with Crippen LogP contribution >= 0.6 is 11.6 Å². The lowest BCUT2D eigenvalue weighted by Gasteiger charge is -2.06. The Morgan fingerprint density at radius 1 is 1.26 bits per heavy atom. The number of sulfonamides is 1. The van der Waals surface area contributed by atoms with E-state index in [-0.39, 0.29) is 4.90 Å². The highest BCUT2D eigenvalue weighted by Crippen LogP contribution is 2.11. The minimum Gasteiger partial charge on any atom is -0.333 e. The van der Waals surface area contributed by atoms with Crippen LogP contribution in [0, 0.1) is 0 Å². The van der Waals surface area contributed by atoms with Crippen molar-refractivity contribution < 1.29 is 8.42 Å². The largest absolute Gasteiger partial charge is 0.333 e. The molecule has 0 saturated heterocycles. The molecule has 2 rings (SSSR count). The maximum atomic E-state index is 11.1. The molecule has 102 valence electrons. The molecule has 0 spiro atoms. The zero-order valence-electron chi connectivity index (χ0n) is 10.2. The fourth-order valence-corrected chi connectivity index (χ4v) is 2.49. The number of aryl methyl sites for hydroxylation is 2. The molecule has 0 aliphatic heterocycles. The summed E-state index contributed by atoms with van der Waals surface area (Å²) in [5.74, 6) is 0.421. The quantitative estimate of drug-likeness (QED) is 0.850. The average molecular weight is 300 g/mol. The van der Waals surface area contributed by atoms with Crippen molar-refractivity contribution in [3.8, 4) is 0 Å². The van der Waals surface area contributed by atoms with Crippen LogP contribution in [-0.4, -0.2) is 18.0 Å². The average Bonchev–Trinajstić information content (AvgIpc) is 2.83. The normalized spacial score (nSPS) is 11.7. The van der Waals surface area contributed by atoms with Crippen LogP contribution in [0.15, 0.2) is 41.7 Å². The Labute approximate surface area is 117 Å². The molecule has 2 aromatic rings. The van der Waals surface area contributed by atoms with Gasteiger partial charge in [-0.1, -0.05) is 12.1 Å². The number of alkyl halides is 1. The molecule has 0 atom stereocenters. The number of benzene rings is 1. The first-order valence-electron chi connectivity index (χ1n) is 5.67. The summed E-state index contributed by atoms with van der Waals surface area (Å²) in [6, 6.07) is 6.55. The maximum Gasteiger partial charge on any atom is 0.238 e. The van der Waals surface area contributed by atoms with Gasteiger partial charge in [-0.2, -0.15) is 0 Å². The van der Waals surface area contributed by atoms with Crippen LogP contribution in [0.1, 0.15) is 11.3 Å². The molecule has 7 heteroatoms. The van der Waals surface area contributed by atoms with Gasteiger partial charge in [-0.05, 0) is 24.1 Å². The Morgan fingerprint density at radius 2 is 1.95 bits per heavy atom. The molecule has 19 heavy (non-hydrogen) atoms.